The number of alkyl halides is 3. The van der Waals surface area contributed by atoms with Gasteiger partial charge >= 0.3 is 6.18 Å². The second-order valence-electron chi connectivity index (χ2n) is 7.98. The second-order valence-corrected chi connectivity index (χ2v) is 9.50. The summed E-state index contributed by atoms with van der Waals surface area (Å²) in [6.07, 6.45) is -4.40. The van der Waals surface area contributed by atoms with Crippen molar-refractivity contribution < 1.29 is 22.3 Å². The van der Waals surface area contributed by atoms with E-state index in [0.29, 0.717) is 37.8 Å². The number of thiazole rings is 1. The Morgan fingerprint density at radius 1 is 0.972 bits per heavy atom. The number of benzene rings is 3. The van der Waals surface area contributed by atoms with Crippen molar-refractivity contribution in [2.45, 2.75) is 19.7 Å². The standard InChI is InChI=1S/C27H17ClF3NO3S/c1-15-22(36-26(32-15)17-6-10-18(11-7-17)27(29,30)31)14-34-25-23(33)20-4-2-3-5-21(20)35-24(25)16-8-12-19(28)13-9-16/h2-13H,14H2,1H3. The summed E-state index contributed by atoms with van der Waals surface area (Å²) in [6, 6.07) is 18.6. The van der Waals surface area contributed by atoms with E-state index in [1.807, 2.05) is 0 Å². The number of aryl methyl sites for hydroxylation is 1. The average Bonchev–Trinajstić information content (AvgIpc) is 3.24. The zero-order valence-corrected chi connectivity index (χ0v) is 20.3. The van der Waals surface area contributed by atoms with E-state index >= 15 is 0 Å². The summed E-state index contributed by atoms with van der Waals surface area (Å²) >= 11 is 7.31. The fraction of sp³-hybridized carbons (Fsp3) is 0.111. The highest BCUT2D eigenvalue weighted by Gasteiger charge is 2.30. The molecule has 182 valence electrons. The maximum absolute atomic E-state index is 13.3. The Bertz CT molecular complexity index is 1610. The highest BCUT2D eigenvalue weighted by molar-refractivity contribution is 7.15. The van der Waals surface area contributed by atoms with Gasteiger partial charge in [-0.2, -0.15) is 13.2 Å². The molecule has 0 spiro atoms. The molecular weight excluding hydrogens is 511 g/mol. The summed E-state index contributed by atoms with van der Waals surface area (Å²) in [7, 11) is 0. The van der Waals surface area contributed by atoms with Crippen LogP contribution in [0.25, 0.3) is 32.9 Å². The Hall–Kier alpha value is -3.62. The number of hydrogen-bond donors (Lipinski definition) is 0. The van der Waals surface area contributed by atoms with Crippen molar-refractivity contribution in [3.05, 3.63) is 104 Å². The topological polar surface area (TPSA) is 52.3 Å². The first-order valence-corrected chi connectivity index (χ1v) is 12.0. The number of aromatic nitrogens is 1. The lowest BCUT2D eigenvalue weighted by atomic mass is 10.1. The van der Waals surface area contributed by atoms with Gasteiger partial charge in [-0.25, -0.2) is 4.98 Å². The molecule has 0 bridgehead atoms. The Morgan fingerprint density at radius 2 is 1.64 bits per heavy atom. The lowest BCUT2D eigenvalue weighted by Crippen LogP contribution is -2.10. The fourth-order valence-electron chi connectivity index (χ4n) is 3.67. The van der Waals surface area contributed by atoms with Gasteiger partial charge in [-0.3, -0.25) is 4.79 Å². The van der Waals surface area contributed by atoms with E-state index in [1.165, 1.54) is 23.5 Å². The first-order valence-electron chi connectivity index (χ1n) is 10.8. The molecule has 0 aliphatic heterocycles. The molecule has 0 aliphatic carbocycles. The molecule has 9 heteroatoms. The minimum Gasteiger partial charge on any atom is -0.480 e. The number of rotatable bonds is 5. The zero-order valence-electron chi connectivity index (χ0n) is 18.7. The van der Waals surface area contributed by atoms with Crippen molar-refractivity contribution in [2.75, 3.05) is 0 Å². The van der Waals surface area contributed by atoms with E-state index in [4.69, 9.17) is 20.8 Å². The predicted octanol–water partition coefficient (Wildman–Crippen LogP) is 8.14. The lowest BCUT2D eigenvalue weighted by Gasteiger charge is -2.11. The number of fused-ring (bicyclic) bond motifs is 1. The van der Waals surface area contributed by atoms with Crippen molar-refractivity contribution in [3.63, 3.8) is 0 Å². The number of hydrogen-bond acceptors (Lipinski definition) is 5. The summed E-state index contributed by atoms with van der Waals surface area (Å²) in [5.41, 5.74) is 1.25. The molecule has 0 amide bonds. The molecular formula is C27H17ClF3NO3S. The molecule has 2 aromatic heterocycles. The number of halogens is 4. The fourth-order valence-corrected chi connectivity index (χ4v) is 4.78. The van der Waals surface area contributed by atoms with Gasteiger partial charge in [-0.15, -0.1) is 11.3 Å². The lowest BCUT2D eigenvalue weighted by molar-refractivity contribution is -0.137. The van der Waals surface area contributed by atoms with Crippen LogP contribution in [-0.2, 0) is 12.8 Å². The van der Waals surface area contributed by atoms with Gasteiger partial charge < -0.3 is 9.15 Å². The van der Waals surface area contributed by atoms with E-state index in [1.54, 1.807) is 55.5 Å². The molecule has 0 fully saturated rings. The summed E-state index contributed by atoms with van der Waals surface area (Å²) in [5.74, 6) is 0.334. The van der Waals surface area contributed by atoms with E-state index in [0.717, 1.165) is 17.0 Å². The molecule has 0 saturated carbocycles. The Balaban J connectivity index is 1.48. The summed E-state index contributed by atoms with van der Waals surface area (Å²) in [4.78, 5) is 18.5. The summed E-state index contributed by atoms with van der Waals surface area (Å²) in [5, 5.41) is 1.49. The molecule has 3 aromatic carbocycles. The Morgan fingerprint density at radius 3 is 2.33 bits per heavy atom. The molecule has 4 nitrogen and oxygen atoms in total. The normalized spacial score (nSPS) is 11.7. The summed E-state index contributed by atoms with van der Waals surface area (Å²) < 4.78 is 50.7. The van der Waals surface area contributed by atoms with Crippen LogP contribution in [0.5, 0.6) is 5.75 Å². The van der Waals surface area contributed by atoms with Crippen LogP contribution in [0.3, 0.4) is 0 Å². The number of nitrogens with zero attached hydrogens (tertiary/aromatic N) is 1. The van der Waals surface area contributed by atoms with Gasteiger partial charge in [0.25, 0.3) is 0 Å². The van der Waals surface area contributed by atoms with Crippen LogP contribution in [0, 0.1) is 6.92 Å². The highest BCUT2D eigenvalue weighted by atomic mass is 35.5. The minimum atomic E-state index is -4.40. The monoisotopic (exact) mass is 527 g/mol. The second kappa shape index (κ2) is 9.44. The largest absolute Gasteiger partial charge is 0.480 e. The van der Waals surface area contributed by atoms with Crippen LogP contribution < -0.4 is 10.2 Å². The third kappa shape index (κ3) is 4.74. The zero-order chi connectivity index (χ0) is 25.4. The Kier molecular flexibility index (Phi) is 6.32. The van der Waals surface area contributed by atoms with Crippen LogP contribution in [0.2, 0.25) is 5.02 Å². The van der Waals surface area contributed by atoms with Crippen LogP contribution in [0.1, 0.15) is 16.1 Å². The van der Waals surface area contributed by atoms with Gasteiger partial charge in [0.2, 0.25) is 11.2 Å². The molecule has 0 atom stereocenters. The first-order chi connectivity index (χ1) is 17.2. The average molecular weight is 528 g/mol. The van der Waals surface area contributed by atoms with Gasteiger partial charge in [0.05, 0.1) is 21.5 Å². The first kappa shape index (κ1) is 24.1. The highest BCUT2D eigenvalue weighted by Crippen LogP contribution is 2.35. The molecule has 2 heterocycles. The number of para-hydroxylation sites is 1. The molecule has 0 radical (unpaired) electrons. The minimum absolute atomic E-state index is 0.0355. The van der Waals surface area contributed by atoms with Crippen LogP contribution in [0.4, 0.5) is 13.2 Å². The van der Waals surface area contributed by atoms with E-state index in [-0.39, 0.29) is 23.5 Å². The van der Waals surface area contributed by atoms with Gasteiger partial charge in [0.15, 0.2) is 5.76 Å². The van der Waals surface area contributed by atoms with Crippen LogP contribution >= 0.6 is 22.9 Å². The van der Waals surface area contributed by atoms with Gasteiger partial charge in [-0.1, -0.05) is 35.9 Å². The van der Waals surface area contributed by atoms with Gasteiger partial charge in [-0.05, 0) is 55.5 Å². The maximum Gasteiger partial charge on any atom is 0.416 e. The molecule has 0 aliphatic rings. The van der Waals surface area contributed by atoms with Crippen LogP contribution in [0.15, 0.2) is 82.0 Å². The molecule has 0 N–H and O–H groups in total. The summed E-state index contributed by atoms with van der Waals surface area (Å²) in [6.45, 7) is 1.82. The predicted molar refractivity (Wildman–Crippen MR) is 135 cm³/mol. The molecule has 5 aromatic rings. The van der Waals surface area contributed by atoms with Crippen molar-refractivity contribution in [2.24, 2.45) is 0 Å². The van der Waals surface area contributed by atoms with E-state index in [2.05, 4.69) is 4.98 Å². The maximum atomic E-state index is 13.3. The van der Waals surface area contributed by atoms with Gasteiger partial charge in [0.1, 0.15) is 17.2 Å². The Labute approximate surface area is 212 Å². The van der Waals surface area contributed by atoms with Crippen molar-refractivity contribution in [1.29, 1.82) is 0 Å². The van der Waals surface area contributed by atoms with Crippen LogP contribution in [-0.4, -0.2) is 4.98 Å². The quantitative estimate of drug-likeness (QED) is 0.231. The van der Waals surface area contributed by atoms with Crippen molar-refractivity contribution in [3.8, 4) is 27.6 Å². The third-order valence-corrected chi connectivity index (χ3v) is 6.99. The molecule has 0 saturated heterocycles. The molecule has 0 unspecified atom stereocenters. The van der Waals surface area contributed by atoms with Crippen molar-refractivity contribution >= 4 is 33.9 Å². The van der Waals surface area contributed by atoms with Gasteiger partial charge in [0, 0.05) is 16.1 Å². The van der Waals surface area contributed by atoms with E-state index in [9.17, 15) is 18.0 Å². The SMILES string of the molecule is Cc1nc(-c2ccc(C(F)(F)F)cc2)sc1COc1c(-c2ccc(Cl)cc2)oc2ccccc2c1=O. The smallest absolute Gasteiger partial charge is 0.416 e. The van der Waals surface area contributed by atoms with E-state index < -0.39 is 11.7 Å². The molecule has 36 heavy (non-hydrogen) atoms. The third-order valence-electron chi connectivity index (χ3n) is 5.56. The number of ether oxygens (including phenoxy) is 1. The molecule has 5 rings (SSSR count). The van der Waals surface area contributed by atoms with Crippen molar-refractivity contribution in [1.82, 2.24) is 4.98 Å².